The quantitative estimate of drug-likeness (QED) is 0.468. The van der Waals surface area contributed by atoms with Crippen LogP contribution in [0.5, 0.6) is 0 Å². The molecule has 13 heavy (non-hydrogen) atoms. The van der Waals surface area contributed by atoms with Crippen LogP contribution in [-0.4, -0.2) is 17.7 Å². The second kappa shape index (κ2) is 8.00. The van der Waals surface area contributed by atoms with Crippen LogP contribution >= 0.6 is 0 Å². The van der Waals surface area contributed by atoms with E-state index in [0.29, 0.717) is 0 Å². The summed E-state index contributed by atoms with van der Waals surface area (Å²) in [4.78, 5) is 0. The molecule has 1 aromatic carbocycles. The summed E-state index contributed by atoms with van der Waals surface area (Å²) < 4.78 is 2.25. The SMILES string of the molecule is CC(C)Cc1ccccc1.[Li][C]#C. The van der Waals surface area contributed by atoms with E-state index >= 15 is 0 Å². The van der Waals surface area contributed by atoms with Crippen molar-refractivity contribution in [1.29, 1.82) is 0 Å². The van der Waals surface area contributed by atoms with Crippen LogP contribution in [0.15, 0.2) is 30.3 Å². The first-order valence-electron chi connectivity index (χ1n) is 4.62. The van der Waals surface area contributed by atoms with Crippen molar-refractivity contribution in [2.45, 2.75) is 20.3 Å². The molecule has 1 aromatic rings. The monoisotopic (exact) mass is 166 g/mol. The van der Waals surface area contributed by atoms with Crippen molar-refractivity contribution in [2.24, 2.45) is 5.92 Å². The molecule has 0 aliphatic rings. The zero-order valence-corrected chi connectivity index (χ0v) is 8.75. The standard InChI is InChI=1S/C10H14.C2H.Li/c1-9(2)8-10-6-4-3-5-7-10;1-2;/h3-7,9H,8H2,1-2H3;1H;. The third-order valence-corrected chi connectivity index (χ3v) is 1.49. The first-order valence-corrected chi connectivity index (χ1v) is 4.62. The first kappa shape index (κ1) is 12.4. The Balaban J connectivity index is 0.000000424. The zero-order valence-electron chi connectivity index (χ0n) is 8.75. The summed E-state index contributed by atoms with van der Waals surface area (Å²) in [6.45, 7) is 4.49. The summed E-state index contributed by atoms with van der Waals surface area (Å²) in [6, 6.07) is 10.6. The van der Waals surface area contributed by atoms with Crippen molar-refractivity contribution < 1.29 is 0 Å². The topological polar surface area (TPSA) is 0 Å². The Morgan fingerprint density at radius 2 is 1.77 bits per heavy atom. The van der Waals surface area contributed by atoms with E-state index in [1.54, 1.807) is 17.7 Å². The molecule has 0 unspecified atom stereocenters. The third kappa shape index (κ3) is 7.73. The van der Waals surface area contributed by atoms with Crippen LogP contribution in [0.4, 0.5) is 0 Å². The minimum atomic E-state index is 0.766. The van der Waals surface area contributed by atoms with Gasteiger partial charge in [-0.2, -0.15) is 0 Å². The van der Waals surface area contributed by atoms with Gasteiger partial charge in [0.2, 0.25) is 0 Å². The van der Waals surface area contributed by atoms with Gasteiger partial charge >= 0.3 is 28.7 Å². The van der Waals surface area contributed by atoms with Crippen molar-refractivity contribution in [3.8, 4) is 11.0 Å². The molecule has 0 spiro atoms. The number of terminal acetylenes is 1. The molecule has 0 fully saturated rings. The van der Waals surface area contributed by atoms with Gasteiger partial charge in [-0.15, -0.1) is 0 Å². The minimum absolute atomic E-state index is 0.766. The molecule has 0 radical (unpaired) electrons. The molecule has 64 valence electrons. The Hall–Kier alpha value is -0.623. The molecule has 0 heterocycles. The van der Waals surface area contributed by atoms with E-state index in [0.717, 1.165) is 5.92 Å². The van der Waals surface area contributed by atoms with Crippen molar-refractivity contribution in [3.63, 3.8) is 0 Å². The fourth-order valence-electron chi connectivity index (χ4n) is 1.09. The van der Waals surface area contributed by atoms with Crippen molar-refractivity contribution in [3.05, 3.63) is 35.9 Å². The average molecular weight is 166 g/mol. The van der Waals surface area contributed by atoms with Crippen LogP contribution in [0.25, 0.3) is 0 Å². The summed E-state index contributed by atoms with van der Waals surface area (Å²) in [6.07, 6.45) is 5.79. The number of benzene rings is 1. The van der Waals surface area contributed by atoms with Crippen molar-refractivity contribution >= 4 is 17.7 Å². The molecule has 0 aliphatic carbocycles. The van der Waals surface area contributed by atoms with E-state index in [1.165, 1.54) is 12.0 Å². The zero-order chi connectivity index (χ0) is 10.1. The van der Waals surface area contributed by atoms with Gasteiger partial charge < -0.3 is 0 Å². The van der Waals surface area contributed by atoms with E-state index < -0.39 is 0 Å². The molecule has 0 aliphatic heterocycles. The summed E-state index contributed by atoms with van der Waals surface area (Å²) in [5.74, 6) is 0.766. The van der Waals surface area contributed by atoms with Crippen LogP contribution in [0, 0.1) is 16.9 Å². The Bertz CT molecular complexity index is 244. The molecule has 0 atom stereocenters. The van der Waals surface area contributed by atoms with Gasteiger partial charge in [0.15, 0.2) is 0 Å². The number of hydrogen-bond donors (Lipinski definition) is 0. The van der Waals surface area contributed by atoms with E-state index in [-0.39, 0.29) is 0 Å². The summed E-state index contributed by atoms with van der Waals surface area (Å²) >= 11 is 1.65. The fourth-order valence-corrected chi connectivity index (χ4v) is 1.09. The molecule has 0 N–H and O–H groups in total. The van der Waals surface area contributed by atoms with Gasteiger partial charge in [0.1, 0.15) is 0 Å². The predicted molar refractivity (Wildman–Crippen MR) is 59.6 cm³/mol. The molecular weight excluding hydrogens is 151 g/mol. The summed E-state index contributed by atoms with van der Waals surface area (Å²) in [7, 11) is 0. The summed E-state index contributed by atoms with van der Waals surface area (Å²) in [5.41, 5.74) is 1.44. The Kier molecular flexibility index (Phi) is 7.61. The Labute approximate surface area is 90.9 Å². The molecule has 0 nitrogen and oxygen atoms in total. The molecule has 0 aromatic heterocycles. The van der Waals surface area contributed by atoms with Gasteiger partial charge in [-0.25, -0.2) is 0 Å². The van der Waals surface area contributed by atoms with Gasteiger partial charge in [-0.05, 0) is 17.9 Å². The second-order valence-corrected chi connectivity index (χ2v) is 3.37. The van der Waals surface area contributed by atoms with Gasteiger partial charge in [0.25, 0.3) is 0 Å². The van der Waals surface area contributed by atoms with Gasteiger partial charge in [0, 0.05) is 0 Å². The van der Waals surface area contributed by atoms with Gasteiger partial charge in [-0.3, -0.25) is 0 Å². The van der Waals surface area contributed by atoms with Crippen LogP contribution in [-0.2, 0) is 6.42 Å². The van der Waals surface area contributed by atoms with E-state index in [1.807, 2.05) is 0 Å². The average Bonchev–Trinajstić information content (AvgIpc) is 2.06. The summed E-state index contributed by atoms with van der Waals surface area (Å²) in [5, 5.41) is 0. The molecule has 1 heteroatoms. The van der Waals surface area contributed by atoms with Crippen LogP contribution in [0.1, 0.15) is 19.4 Å². The molecule has 0 bridgehead atoms. The van der Waals surface area contributed by atoms with Crippen LogP contribution in [0.2, 0.25) is 0 Å². The Morgan fingerprint density at radius 3 is 2.15 bits per heavy atom. The third-order valence-electron chi connectivity index (χ3n) is 1.49. The van der Waals surface area contributed by atoms with Crippen molar-refractivity contribution in [2.75, 3.05) is 0 Å². The molecule has 1 rings (SSSR count). The van der Waals surface area contributed by atoms with Crippen LogP contribution in [0.3, 0.4) is 0 Å². The van der Waals surface area contributed by atoms with E-state index in [2.05, 4.69) is 55.2 Å². The fraction of sp³-hybridized carbons (Fsp3) is 0.333. The number of hydrogen-bond acceptors (Lipinski definition) is 0. The molecule has 0 saturated carbocycles. The van der Waals surface area contributed by atoms with Gasteiger partial charge in [0.05, 0.1) is 0 Å². The van der Waals surface area contributed by atoms with Crippen molar-refractivity contribution in [1.82, 2.24) is 0 Å². The maximum atomic E-state index is 4.60. The van der Waals surface area contributed by atoms with Crippen LogP contribution < -0.4 is 0 Å². The van der Waals surface area contributed by atoms with E-state index in [4.69, 9.17) is 0 Å². The predicted octanol–water partition coefficient (Wildman–Crippen LogP) is 2.63. The molecular formula is C12H15Li. The normalized spacial score (nSPS) is 8.62. The Morgan fingerprint density at radius 1 is 1.31 bits per heavy atom. The molecule has 0 amide bonds. The molecule has 0 saturated heterocycles. The first-order chi connectivity index (χ1) is 6.20. The van der Waals surface area contributed by atoms with Gasteiger partial charge in [-0.1, -0.05) is 44.2 Å². The second-order valence-electron chi connectivity index (χ2n) is 3.37. The van der Waals surface area contributed by atoms with E-state index in [9.17, 15) is 0 Å². The maximum absolute atomic E-state index is 4.60. The number of rotatable bonds is 2.